The number of methoxy groups -OCH3 is 1. The number of carbonyl (C=O) groups is 1. The lowest BCUT2D eigenvalue weighted by molar-refractivity contribution is 0.0503. The first-order valence-electron chi connectivity index (χ1n) is 6.44. The summed E-state index contributed by atoms with van der Waals surface area (Å²) >= 11 is 0. The molecule has 8 nitrogen and oxygen atoms in total. The molecular weight excluding hydrogens is 276 g/mol. The van der Waals surface area contributed by atoms with Gasteiger partial charge in [0.1, 0.15) is 18.1 Å². The zero-order valence-electron chi connectivity index (χ0n) is 11.9. The van der Waals surface area contributed by atoms with Crippen LogP contribution < -0.4 is 9.47 Å². The van der Waals surface area contributed by atoms with E-state index in [1.165, 1.54) is 4.68 Å². The van der Waals surface area contributed by atoms with Crippen LogP contribution in [0.15, 0.2) is 24.3 Å². The smallest absolute Gasteiger partial charge is 0.378 e. The third-order valence-electron chi connectivity index (χ3n) is 2.62. The molecule has 0 fully saturated rings. The monoisotopic (exact) mass is 292 g/mol. The van der Waals surface area contributed by atoms with Crippen molar-refractivity contribution in [2.45, 2.75) is 13.5 Å². The van der Waals surface area contributed by atoms with Crippen LogP contribution in [0.5, 0.6) is 11.5 Å². The Balaban J connectivity index is 1.88. The summed E-state index contributed by atoms with van der Waals surface area (Å²) in [5, 5.41) is 10.8. The van der Waals surface area contributed by atoms with Crippen molar-refractivity contribution in [1.82, 2.24) is 20.2 Å². The van der Waals surface area contributed by atoms with Gasteiger partial charge in [-0.2, -0.15) is 0 Å². The topological polar surface area (TPSA) is 88.4 Å². The lowest BCUT2D eigenvalue weighted by Gasteiger charge is -2.07. The molecule has 112 valence electrons. The molecule has 1 aromatic heterocycles. The number of nitrogens with zero attached hydrogens (tertiary/aromatic N) is 4. The Morgan fingerprint density at radius 2 is 1.95 bits per heavy atom. The van der Waals surface area contributed by atoms with Gasteiger partial charge in [0.15, 0.2) is 0 Å². The average molecular weight is 292 g/mol. The van der Waals surface area contributed by atoms with Crippen molar-refractivity contribution < 1.29 is 19.0 Å². The summed E-state index contributed by atoms with van der Waals surface area (Å²) in [7, 11) is 1.60. The third-order valence-corrected chi connectivity index (χ3v) is 2.62. The summed E-state index contributed by atoms with van der Waals surface area (Å²) < 4.78 is 16.8. The molecule has 0 spiro atoms. The maximum absolute atomic E-state index is 11.6. The van der Waals surface area contributed by atoms with Crippen LogP contribution in [0, 0.1) is 0 Å². The number of carbonyl (C=O) groups excluding carboxylic acids is 1. The van der Waals surface area contributed by atoms with Crippen LogP contribution in [-0.4, -0.2) is 46.5 Å². The summed E-state index contributed by atoms with van der Waals surface area (Å²) in [6, 6.07) is 7.20. The molecule has 0 aliphatic carbocycles. The minimum Gasteiger partial charge on any atom is -0.497 e. The Kier molecular flexibility index (Phi) is 5.08. The van der Waals surface area contributed by atoms with Crippen molar-refractivity contribution in [2.75, 3.05) is 20.3 Å². The molecule has 0 unspecified atom stereocenters. The van der Waals surface area contributed by atoms with Gasteiger partial charge in [-0.1, -0.05) is 0 Å². The van der Waals surface area contributed by atoms with E-state index in [0.29, 0.717) is 18.9 Å². The Hall–Kier alpha value is -2.64. The van der Waals surface area contributed by atoms with E-state index >= 15 is 0 Å². The first-order valence-corrected chi connectivity index (χ1v) is 6.44. The minimum atomic E-state index is -0.549. The van der Waals surface area contributed by atoms with Crippen molar-refractivity contribution in [3.8, 4) is 11.5 Å². The van der Waals surface area contributed by atoms with E-state index in [9.17, 15) is 4.79 Å². The molecule has 0 amide bonds. The molecule has 2 rings (SSSR count). The van der Waals surface area contributed by atoms with Crippen LogP contribution in [0.1, 0.15) is 17.5 Å². The van der Waals surface area contributed by atoms with E-state index in [0.717, 1.165) is 5.75 Å². The number of rotatable bonds is 7. The Bertz CT molecular complexity index is 582. The molecule has 8 heteroatoms. The predicted molar refractivity (Wildman–Crippen MR) is 72.3 cm³/mol. The lowest BCUT2D eigenvalue weighted by Crippen LogP contribution is -2.17. The van der Waals surface area contributed by atoms with Gasteiger partial charge in [-0.05, 0) is 41.6 Å². The molecule has 0 saturated heterocycles. The van der Waals surface area contributed by atoms with Crippen molar-refractivity contribution in [3.63, 3.8) is 0 Å². The molecule has 0 N–H and O–H groups in total. The summed E-state index contributed by atoms with van der Waals surface area (Å²) in [4.78, 5) is 11.6. The molecule has 0 aliphatic rings. The Labute approximate surface area is 121 Å². The molecule has 0 saturated carbocycles. The van der Waals surface area contributed by atoms with Crippen molar-refractivity contribution in [3.05, 3.63) is 30.1 Å². The van der Waals surface area contributed by atoms with E-state index in [1.807, 2.05) is 0 Å². The number of benzene rings is 1. The second-order valence-electron chi connectivity index (χ2n) is 3.97. The fourth-order valence-electron chi connectivity index (χ4n) is 1.62. The van der Waals surface area contributed by atoms with Crippen LogP contribution in [0.25, 0.3) is 0 Å². The highest BCUT2D eigenvalue weighted by atomic mass is 16.5. The van der Waals surface area contributed by atoms with Crippen LogP contribution >= 0.6 is 0 Å². The van der Waals surface area contributed by atoms with Gasteiger partial charge in [0, 0.05) is 0 Å². The highest BCUT2D eigenvalue weighted by molar-refractivity contribution is 5.85. The predicted octanol–water partition coefficient (Wildman–Crippen LogP) is 0.937. The van der Waals surface area contributed by atoms with Crippen molar-refractivity contribution in [2.24, 2.45) is 0 Å². The summed E-state index contributed by atoms with van der Waals surface area (Å²) in [6.45, 7) is 2.66. The molecule has 1 heterocycles. The molecule has 0 bridgehead atoms. The normalized spacial score (nSPS) is 10.2. The van der Waals surface area contributed by atoms with Crippen LogP contribution in [0.2, 0.25) is 0 Å². The van der Waals surface area contributed by atoms with E-state index in [4.69, 9.17) is 14.2 Å². The standard InChI is InChI=1S/C13H16N4O4/c1-3-20-13(18)12-14-15-16-17(12)8-9-21-11-6-4-10(19-2)5-7-11/h4-7H,3,8-9H2,1-2H3. The Morgan fingerprint density at radius 1 is 1.24 bits per heavy atom. The average Bonchev–Trinajstić information content (AvgIpc) is 2.97. The van der Waals surface area contributed by atoms with Gasteiger partial charge in [0.05, 0.1) is 20.3 Å². The lowest BCUT2D eigenvalue weighted by atomic mass is 10.3. The summed E-state index contributed by atoms with van der Waals surface area (Å²) in [6.07, 6.45) is 0. The molecule has 1 aromatic carbocycles. The zero-order chi connectivity index (χ0) is 15.1. The number of hydrogen-bond donors (Lipinski definition) is 0. The number of hydrogen-bond acceptors (Lipinski definition) is 7. The highest BCUT2D eigenvalue weighted by Crippen LogP contribution is 2.16. The van der Waals surface area contributed by atoms with Crippen LogP contribution in [0.3, 0.4) is 0 Å². The molecule has 2 aromatic rings. The second-order valence-corrected chi connectivity index (χ2v) is 3.97. The van der Waals surface area contributed by atoms with Crippen LogP contribution in [-0.2, 0) is 11.3 Å². The van der Waals surface area contributed by atoms with E-state index in [2.05, 4.69) is 15.5 Å². The quantitative estimate of drug-likeness (QED) is 0.701. The van der Waals surface area contributed by atoms with Gasteiger partial charge >= 0.3 is 5.97 Å². The molecular formula is C13H16N4O4. The van der Waals surface area contributed by atoms with Crippen LogP contribution in [0.4, 0.5) is 0 Å². The van der Waals surface area contributed by atoms with E-state index in [1.54, 1.807) is 38.3 Å². The Morgan fingerprint density at radius 3 is 2.62 bits per heavy atom. The largest absolute Gasteiger partial charge is 0.497 e. The fourth-order valence-corrected chi connectivity index (χ4v) is 1.62. The van der Waals surface area contributed by atoms with Gasteiger partial charge < -0.3 is 14.2 Å². The number of ether oxygens (including phenoxy) is 3. The molecule has 0 atom stereocenters. The fraction of sp³-hybridized carbons (Fsp3) is 0.385. The third kappa shape index (κ3) is 3.91. The van der Waals surface area contributed by atoms with Gasteiger partial charge in [-0.15, -0.1) is 5.10 Å². The number of esters is 1. The summed E-state index contributed by atoms with van der Waals surface area (Å²) in [5.74, 6) is 0.969. The van der Waals surface area contributed by atoms with E-state index in [-0.39, 0.29) is 12.4 Å². The minimum absolute atomic E-state index is 0.0650. The van der Waals surface area contributed by atoms with Gasteiger partial charge in [0.25, 0.3) is 5.82 Å². The first kappa shape index (κ1) is 14.8. The SMILES string of the molecule is CCOC(=O)c1nnnn1CCOc1ccc(OC)cc1. The maximum Gasteiger partial charge on any atom is 0.378 e. The van der Waals surface area contributed by atoms with Crippen molar-refractivity contribution in [1.29, 1.82) is 0 Å². The first-order chi connectivity index (χ1) is 10.2. The second kappa shape index (κ2) is 7.22. The molecule has 21 heavy (non-hydrogen) atoms. The van der Waals surface area contributed by atoms with Gasteiger partial charge in [-0.3, -0.25) is 0 Å². The van der Waals surface area contributed by atoms with E-state index < -0.39 is 5.97 Å². The zero-order valence-corrected chi connectivity index (χ0v) is 11.9. The van der Waals surface area contributed by atoms with Gasteiger partial charge in [0.2, 0.25) is 0 Å². The number of aromatic nitrogens is 4. The molecule has 0 radical (unpaired) electrons. The maximum atomic E-state index is 11.6. The molecule has 0 aliphatic heterocycles. The summed E-state index contributed by atoms with van der Waals surface area (Å²) in [5.41, 5.74) is 0. The highest BCUT2D eigenvalue weighted by Gasteiger charge is 2.16. The number of tetrazole rings is 1. The van der Waals surface area contributed by atoms with Gasteiger partial charge in [-0.25, -0.2) is 9.48 Å². The van der Waals surface area contributed by atoms with Crippen molar-refractivity contribution >= 4 is 5.97 Å².